The Morgan fingerprint density at radius 2 is 1.63 bits per heavy atom. The molecule has 1 amide bonds. The SMILES string of the molecule is O=C(Nc1cc(Cl)ccc1Br)c1cc(Cl)ccc1Cl. The zero-order chi connectivity index (χ0) is 14.0. The quantitative estimate of drug-likeness (QED) is 0.716. The van der Waals surface area contributed by atoms with Crippen molar-refractivity contribution in [2.75, 3.05) is 5.32 Å². The van der Waals surface area contributed by atoms with Gasteiger partial charge in [0.05, 0.1) is 16.3 Å². The van der Waals surface area contributed by atoms with Crippen molar-refractivity contribution < 1.29 is 4.79 Å². The van der Waals surface area contributed by atoms with Crippen LogP contribution in [0.4, 0.5) is 5.69 Å². The minimum Gasteiger partial charge on any atom is -0.321 e. The Morgan fingerprint density at radius 3 is 2.37 bits per heavy atom. The van der Waals surface area contributed by atoms with Crippen molar-refractivity contribution in [1.29, 1.82) is 0 Å². The lowest BCUT2D eigenvalue weighted by molar-refractivity contribution is 0.102. The molecule has 2 rings (SSSR count). The lowest BCUT2D eigenvalue weighted by atomic mass is 10.2. The van der Waals surface area contributed by atoms with Crippen molar-refractivity contribution in [3.8, 4) is 0 Å². The number of carbonyl (C=O) groups is 1. The van der Waals surface area contributed by atoms with Crippen molar-refractivity contribution in [3.63, 3.8) is 0 Å². The average Bonchev–Trinajstić information content (AvgIpc) is 2.36. The van der Waals surface area contributed by atoms with Gasteiger partial charge in [-0.2, -0.15) is 0 Å². The molecule has 0 unspecified atom stereocenters. The highest BCUT2D eigenvalue weighted by Gasteiger charge is 2.12. The van der Waals surface area contributed by atoms with Gasteiger partial charge < -0.3 is 5.32 Å². The molecule has 0 aliphatic carbocycles. The minimum atomic E-state index is -0.351. The van der Waals surface area contributed by atoms with Crippen LogP contribution in [0.25, 0.3) is 0 Å². The summed E-state index contributed by atoms with van der Waals surface area (Å²) in [5.41, 5.74) is 0.870. The molecule has 0 bridgehead atoms. The van der Waals surface area contributed by atoms with Gasteiger partial charge in [0.1, 0.15) is 0 Å². The monoisotopic (exact) mass is 377 g/mol. The van der Waals surface area contributed by atoms with Crippen LogP contribution in [0.3, 0.4) is 0 Å². The fraction of sp³-hybridized carbons (Fsp3) is 0. The summed E-state index contributed by atoms with van der Waals surface area (Å²) in [5, 5.41) is 4.02. The molecule has 0 fully saturated rings. The first-order chi connectivity index (χ1) is 8.97. The van der Waals surface area contributed by atoms with Crippen molar-refractivity contribution >= 4 is 62.3 Å². The molecule has 0 atom stereocenters. The van der Waals surface area contributed by atoms with Crippen LogP contribution in [-0.4, -0.2) is 5.91 Å². The third-order valence-electron chi connectivity index (χ3n) is 2.35. The number of rotatable bonds is 2. The highest BCUT2D eigenvalue weighted by atomic mass is 79.9. The van der Waals surface area contributed by atoms with Crippen LogP contribution in [0.2, 0.25) is 15.1 Å². The molecule has 0 aromatic heterocycles. The lowest BCUT2D eigenvalue weighted by Gasteiger charge is -2.09. The van der Waals surface area contributed by atoms with Crippen LogP contribution in [0.5, 0.6) is 0 Å². The largest absolute Gasteiger partial charge is 0.321 e. The molecule has 2 aromatic carbocycles. The molecule has 1 N–H and O–H groups in total. The molecule has 0 heterocycles. The number of halogens is 4. The molecular weight excluding hydrogens is 372 g/mol. The number of anilines is 1. The number of nitrogens with one attached hydrogen (secondary N) is 1. The van der Waals surface area contributed by atoms with Gasteiger partial charge in [0.15, 0.2) is 0 Å². The predicted octanol–water partition coefficient (Wildman–Crippen LogP) is 5.66. The van der Waals surface area contributed by atoms with E-state index in [1.807, 2.05) is 0 Å². The van der Waals surface area contributed by atoms with E-state index in [1.54, 1.807) is 30.3 Å². The highest BCUT2D eigenvalue weighted by molar-refractivity contribution is 9.10. The summed E-state index contributed by atoms with van der Waals surface area (Å²) in [5.74, 6) is -0.351. The van der Waals surface area contributed by atoms with Gasteiger partial charge in [0.25, 0.3) is 5.91 Å². The summed E-state index contributed by atoms with van der Waals surface area (Å²) in [6.45, 7) is 0. The molecule has 0 saturated carbocycles. The standard InChI is InChI=1S/C13H7BrCl3NO/c14-10-3-1-8(16)6-12(10)18-13(19)9-5-7(15)2-4-11(9)17/h1-6H,(H,18,19). The Balaban J connectivity index is 2.30. The Bertz CT molecular complexity index is 646. The average molecular weight is 379 g/mol. The zero-order valence-electron chi connectivity index (χ0n) is 9.38. The Labute approximate surface area is 133 Å². The Hall–Kier alpha value is -0.740. The normalized spacial score (nSPS) is 10.3. The summed E-state index contributed by atoms with van der Waals surface area (Å²) in [4.78, 5) is 12.1. The van der Waals surface area contributed by atoms with E-state index in [2.05, 4.69) is 21.2 Å². The fourth-order valence-corrected chi connectivity index (χ4v) is 2.35. The molecule has 0 saturated heterocycles. The summed E-state index contributed by atoms with van der Waals surface area (Å²) >= 11 is 21.0. The molecule has 0 radical (unpaired) electrons. The van der Waals surface area contributed by atoms with Crippen molar-refractivity contribution in [1.82, 2.24) is 0 Å². The van der Waals surface area contributed by atoms with E-state index in [0.29, 0.717) is 26.3 Å². The van der Waals surface area contributed by atoms with Crippen LogP contribution in [0.1, 0.15) is 10.4 Å². The summed E-state index contributed by atoms with van der Waals surface area (Å²) < 4.78 is 0.725. The summed E-state index contributed by atoms with van der Waals surface area (Å²) in [7, 11) is 0. The molecule has 0 spiro atoms. The second-order valence-corrected chi connectivity index (χ2v) is 5.84. The Kier molecular flexibility index (Phi) is 4.74. The molecule has 2 nitrogen and oxygen atoms in total. The van der Waals surface area contributed by atoms with Gasteiger partial charge in [0.2, 0.25) is 0 Å². The maximum absolute atomic E-state index is 12.1. The van der Waals surface area contributed by atoms with Gasteiger partial charge in [-0.1, -0.05) is 34.8 Å². The third kappa shape index (κ3) is 3.63. The van der Waals surface area contributed by atoms with Crippen molar-refractivity contribution in [2.45, 2.75) is 0 Å². The van der Waals surface area contributed by atoms with Gasteiger partial charge >= 0.3 is 0 Å². The Morgan fingerprint density at radius 1 is 1.00 bits per heavy atom. The van der Waals surface area contributed by atoms with Gasteiger partial charge in [-0.25, -0.2) is 0 Å². The van der Waals surface area contributed by atoms with Crippen LogP contribution in [0, 0.1) is 0 Å². The first kappa shape index (κ1) is 14.7. The second kappa shape index (κ2) is 6.14. The maximum Gasteiger partial charge on any atom is 0.257 e. The molecular formula is C13H7BrCl3NO. The fourth-order valence-electron chi connectivity index (χ4n) is 1.45. The van der Waals surface area contributed by atoms with Crippen LogP contribution < -0.4 is 5.32 Å². The third-order valence-corrected chi connectivity index (χ3v) is 3.84. The molecule has 19 heavy (non-hydrogen) atoms. The first-order valence-electron chi connectivity index (χ1n) is 5.19. The molecule has 2 aromatic rings. The van der Waals surface area contributed by atoms with Crippen LogP contribution >= 0.6 is 50.7 Å². The highest BCUT2D eigenvalue weighted by Crippen LogP contribution is 2.27. The molecule has 0 aliphatic heterocycles. The zero-order valence-corrected chi connectivity index (χ0v) is 13.2. The van der Waals surface area contributed by atoms with Crippen molar-refractivity contribution in [3.05, 3.63) is 61.5 Å². The number of amides is 1. The van der Waals surface area contributed by atoms with Crippen LogP contribution in [0.15, 0.2) is 40.9 Å². The predicted molar refractivity (Wildman–Crippen MR) is 83.6 cm³/mol. The number of benzene rings is 2. The first-order valence-corrected chi connectivity index (χ1v) is 7.11. The number of carbonyl (C=O) groups excluding carboxylic acids is 1. The number of hydrogen-bond donors (Lipinski definition) is 1. The van der Waals surface area contributed by atoms with Crippen LogP contribution in [-0.2, 0) is 0 Å². The topological polar surface area (TPSA) is 29.1 Å². The van der Waals surface area contributed by atoms with E-state index in [4.69, 9.17) is 34.8 Å². The van der Waals surface area contributed by atoms with E-state index in [9.17, 15) is 4.79 Å². The molecule has 6 heteroatoms. The van der Waals surface area contributed by atoms with E-state index < -0.39 is 0 Å². The van der Waals surface area contributed by atoms with E-state index in [-0.39, 0.29) is 5.91 Å². The smallest absolute Gasteiger partial charge is 0.257 e. The molecule has 0 aliphatic rings. The van der Waals surface area contributed by atoms with E-state index >= 15 is 0 Å². The lowest BCUT2D eigenvalue weighted by Crippen LogP contribution is -2.12. The van der Waals surface area contributed by atoms with Gasteiger partial charge in [0, 0.05) is 14.5 Å². The maximum atomic E-state index is 12.1. The van der Waals surface area contributed by atoms with Gasteiger partial charge in [-0.05, 0) is 52.3 Å². The summed E-state index contributed by atoms with van der Waals surface area (Å²) in [6, 6.07) is 9.81. The molecule has 98 valence electrons. The summed E-state index contributed by atoms with van der Waals surface area (Å²) in [6.07, 6.45) is 0. The van der Waals surface area contributed by atoms with E-state index in [1.165, 1.54) is 6.07 Å². The van der Waals surface area contributed by atoms with Crippen molar-refractivity contribution in [2.24, 2.45) is 0 Å². The van der Waals surface area contributed by atoms with Gasteiger partial charge in [-0.15, -0.1) is 0 Å². The number of hydrogen-bond acceptors (Lipinski definition) is 1. The van der Waals surface area contributed by atoms with E-state index in [0.717, 1.165) is 4.47 Å². The second-order valence-electron chi connectivity index (χ2n) is 3.70. The van der Waals surface area contributed by atoms with Gasteiger partial charge in [-0.3, -0.25) is 4.79 Å². The minimum absolute atomic E-state index is 0.307.